The molecule has 0 bridgehead atoms. The molecule has 4 atom stereocenters. The predicted molar refractivity (Wildman–Crippen MR) is 39.6 cm³/mol. The molecule has 0 amide bonds. The van der Waals surface area contributed by atoms with Crippen molar-refractivity contribution in [1.29, 1.82) is 0 Å². The van der Waals surface area contributed by atoms with Crippen LogP contribution in [0.2, 0.25) is 0 Å². The molecule has 12 heavy (non-hydrogen) atoms. The maximum Gasteiger partial charge on any atom is 0.184 e. The normalized spacial score (nSPS) is 42.0. The van der Waals surface area contributed by atoms with Crippen LogP contribution in [-0.2, 0) is 14.2 Å². The first-order valence-electron chi connectivity index (χ1n) is 3.74. The molecule has 1 fully saturated rings. The molecule has 1 rings (SSSR count). The number of aliphatic hydroxyl groups excluding tert-OH is 2. The lowest BCUT2D eigenvalue weighted by Crippen LogP contribution is -2.36. The molecule has 0 radical (unpaired) electrons. The highest BCUT2D eigenvalue weighted by Gasteiger charge is 2.42. The monoisotopic (exact) mass is 178 g/mol. The van der Waals surface area contributed by atoms with Crippen LogP contribution in [0.4, 0.5) is 0 Å². The Morgan fingerprint density at radius 3 is 2.50 bits per heavy atom. The number of rotatable bonds is 3. The summed E-state index contributed by atoms with van der Waals surface area (Å²) in [4.78, 5) is 0. The van der Waals surface area contributed by atoms with E-state index in [9.17, 15) is 5.11 Å². The van der Waals surface area contributed by atoms with Crippen molar-refractivity contribution in [3.05, 3.63) is 0 Å². The van der Waals surface area contributed by atoms with Crippen LogP contribution in [0.1, 0.15) is 0 Å². The topological polar surface area (TPSA) is 68.2 Å². The van der Waals surface area contributed by atoms with Gasteiger partial charge in [-0.15, -0.1) is 0 Å². The van der Waals surface area contributed by atoms with E-state index in [-0.39, 0.29) is 0 Å². The molecule has 1 unspecified atom stereocenters. The molecule has 0 saturated carbocycles. The number of aliphatic hydroxyl groups is 2. The predicted octanol–water partition coefficient (Wildman–Crippen LogP) is -1.27. The fourth-order valence-electron chi connectivity index (χ4n) is 1.31. The standard InChI is InChI=1S/C7H14O5/c1-10-3-4-6(11-2)5(8)7(9)12-4/h4-9H,3H2,1-2H3/t4-,5-,6+,7?/m1/s1. The molecule has 1 aliphatic heterocycles. The highest BCUT2D eigenvalue weighted by Crippen LogP contribution is 2.21. The summed E-state index contributed by atoms with van der Waals surface area (Å²) in [5.41, 5.74) is 0. The lowest BCUT2D eigenvalue weighted by Gasteiger charge is -2.16. The maximum absolute atomic E-state index is 9.30. The minimum atomic E-state index is -1.17. The van der Waals surface area contributed by atoms with Crippen LogP contribution in [0.3, 0.4) is 0 Å². The van der Waals surface area contributed by atoms with Gasteiger partial charge in [0.1, 0.15) is 18.3 Å². The van der Waals surface area contributed by atoms with Crippen molar-refractivity contribution in [2.24, 2.45) is 0 Å². The van der Waals surface area contributed by atoms with Crippen LogP contribution in [0, 0.1) is 0 Å². The van der Waals surface area contributed by atoms with Crippen molar-refractivity contribution >= 4 is 0 Å². The molecule has 1 saturated heterocycles. The van der Waals surface area contributed by atoms with Gasteiger partial charge in [-0.2, -0.15) is 0 Å². The van der Waals surface area contributed by atoms with Crippen LogP contribution in [0.5, 0.6) is 0 Å². The Kier molecular flexibility index (Phi) is 3.42. The number of ether oxygens (including phenoxy) is 3. The molecule has 1 heterocycles. The molecule has 5 nitrogen and oxygen atoms in total. The van der Waals surface area contributed by atoms with E-state index in [1.807, 2.05) is 0 Å². The Morgan fingerprint density at radius 1 is 1.33 bits per heavy atom. The summed E-state index contributed by atoms with van der Waals surface area (Å²) >= 11 is 0. The summed E-state index contributed by atoms with van der Waals surface area (Å²) < 4.78 is 14.7. The van der Waals surface area contributed by atoms with E-state index < -0.39 is 24.6 Å². The van der Waals surface area contributed by atoms with Gasteiger partial charge < -0.3 is 24.4 Å². The van der Waals surface area contributed by atoms with Gasteiger partial charge in [0, 0.05) is 14.2 Å². The summed E-state index contributed by atoms with van der Waals surface area (Å²) in [6.45, 7) is 0.298. The lowest BCUT2D eigenvalue weighted by molar-refractivity contribution is -0.134. The zero-order valence-corrected chi connectivity index (χ0v) is 7.14. The Bertz CT molecular complexity index is 140. The van der Waals surface area contributed by atoms with Gasteiger partial charge in [0.15, 0.2) is 6.29 Å². The van der Waals surface area contributed by atoms with Crippen molar-refractivity contribution in [3.8, 4) is 0 Å². The highest BCUT2D eigenvalue weighted by atomic mass is 16.7. The van der Waals surface area contributed by atoms with Crippen LogP contribution in [0.25, 0.3) is 0 Å². The third-order valence-corrected chi connectivity index (χ3v) is 1.91. The third kappa shape index (κ3) is 1.75. The zero-order valence-electron chi connectivity index (χ0n) is 7.14. The van der Waals surface area contributed by atoms with E-state index in [1.165, 1.54) is 14.2 Å². The van der Waals surface area contributed by atoms with Gasteiger partial charge in [-0.05, 0) is 0 Å². The van der Waals surface area contributed by atoms with Crippen LogP contribution >= 0.6 is 0 Å². The third-order valence-electron chi connectivity index (χ3n) is 1.91. The van der Waals surface area contributed by atoms with Crippen molar-refractivity contribution in [1.82, 2.24) is 0 Å². The Morgan fingerprint density at radius 2 is 2.00 bits per heavy atom. The molecular weight excluding hydrogens is 164 g/mol. The molecule has 1 aliphatic rings. The van der Waals surface area contributed by atoms with Crippen molar-refractivity contribution in [2.45, 2.75) is 24.6 Å². The summed E-state index contributed by atoms with van der Waals surface area (Å²) in [6.07, 6.45) is -3.07. The second-order valence-electron chi connectivity index (χ2n) is 2.71. The Hall–Kier alpha value is -0.200. The number of hydrogen-bond acceptors (Lipinski definition) is 5. The van der Waals surface area contributed by atoms with Gasteiger partial charge in [-0.1, -0.05) is 0 Å². The van der Waals surface area contributed by atoms with Gasteiger partial charge in [0.05, 0.1) is 6.61 Å². The van der Waals surface area contributed by atoms with E-state index >= 15 is 0 Å². The molecule has 0 aliphatic carbocycles. The molecule has 0 aromatic rings. The zero-order chi connectivity index (χ0) is 9.14. The summed E-state index contributed by atoms with van der Waals surface area (Å²) in [5.74, 6) is 0. The number of hydrogen-bond donors (Lipinski definition) is 2. The Labute approximate surface area is 70.9 Å². The second kappa shape index (κ2) is 4.15. The fourth-order valence-corrected chi connectivity index (χ4v) is 1.31. The van der Waals surface area contributed by atoms with E-state index in [2.05, 4.69) is 0 Å². The van der Waals surface area contributed by atoms with Crippen molar-refractivity contribution in [2.75, 3.05) is 20.8 Å². The Balaban J connectivity index is 2.52. The van der Waals surface area contributed by atoms with E-state index in [1.54, 1.807) is 0 Å². The van der Waals surface area contributed by atoms with Gasteiger partial charge in [-0.25, -0.2) is 0 Å². The highest BCUT2D eigenvalue weighted by molar-refractivity contribution is 4.86. The summed E-state index contributed by atoms with van der Waals surface area (Å²) in [7, 11) is 2.98. The first-order chi connectivity index (χ1) is 5.70. The van der Waals surface area contributed by atoms with E-state index in [4.69, 9.17) is 19.3 Å². The molecule has 0 spiro atoms. The molecule has 0 aromatic heterocycles. The van der Waals surface area contributed by atoms with Crippen LogP contribution in [0.15, 0.2) is 0 Å². The van der Waals surface area contributed by atoms with Crippen molar-refractivity contribution in [3.63, 3.8) is 0 Å². The van der Waals surface area contributed by atoms with Gasteiger partial charge in [0.25, 0.3) is 0 Å². The van der Waals surface area contributed by atoms with Gasteiger partial charge in [0.2, 0.25) is 0 Å². The largest absolute Gasteiger partial charge is 0.385 e. The van der Waals surface area contributed by atoms with Crippen LogP contribution in [-0.4, -0.2) is 55.6 Å². The quantitative estimate of drug-likeness (QED) is 0.563. The van der Waals surface area contributed by atoms with E-state index in [0.717, 1.165) is 0 Å². The van der Waals surface area contributed by atoms with Crippen LogP contribution < -0.4 is 0 Å². The number of methoxy groups -OCH3 is 2. The fraction of sp³-hybridized carbons (Fsp3) is 1.00. The molecule has 72 valence electrons. The second-order valence-corrected chi connectivity index (χ2v) is 2.71. The average Bonchev–Trinajstić information content (AvgIpc) is 2.29. The molecule has 2 N–H and O–H groups in total. The van der Waals surface area contributed by atoms with Crippen molar-refractivity contribution < 1.29 is 24.4 Å². The first-order valence-corrected chi connectivity index (χ1v) is 3.74. The summed E-state index contributed by atoms with van der Waals surface area (Å²) in [6, 6.07) is 0. The molecule has 5 heteroatoms. The minimum Gasteiger partial charge on any atom is -0.385 e. The SMILES string of the molecule is COC[C@H]1OC(O)[C@H](O)[C@H]1OC. The summed E-state index contributed by atoms with van der Waals surface area (Å²) in [5, 5.41) is 18.4. The molecule has 0 aromatic carbocycles. The maximum atomic E-state index is 9.30. The van der Waals surface area contributed by atoms with Gasteiger partial charge in [-0.3, -0.25) is 0 Å². The first kappa shape index (κ1) is 9.88. The van der Waals surface area contributed by atoms with E-state index in [0.29, 0.717) is 6.61 Å². The minimum absolute atomic E-state index is 0.298. The lowest BCUT2D eigenvalue weighted by atomic mass is 10.1. The smallest absolute Gasteiger partial charge is 0.184 e. The molecular formula is C7H14O5. The average molecular weight is 178 g/mol. The van der Waals surface area contributed by atoms with Gasteiger partial charge >= 0.3 is 0 Å².